The van der Waals surface area contributed by atoms with Crippen molar-refractivity contribution in [2.24, 2.45) is 7.05 Å². The molecule has 1 saturated heterocycles. The zero-order valence-corrected chi connectivity index (χ0v) is 15.7. The molecule has 6 nitrogen and oxygen atoms in total. The van der Waals surface area contributed by atoms with Gasteiger partial charge in [0.05, 0.1) is 11.1 Å². The van der Waals surface area contributed by atoms with Gasteiger partial charge >= 0.3 is 6.18 Å². The highest BCUT2D eigenvalue weighted by atomic mass is 19.4. The lowest BCUT2D eigenvalue weighted by Crippen LogP contribution is -2.28. The molecule has 1 aliphatic heterocycles. The van der Waals surface area contributed by atoms with E-state index in [4.69, 9.17) is 4.74 Å². The third-order valence-corrected chi connectivity index (χ3v) is 5.05. The lowest BCUT2D eigenvalue weighted by atomic mass is 10.0. The molecule has 11 heteroatoms. The Kier molecular flexibility index (Phi) is 5.00. The minimum atomic E-state index is -5.12. The average molecular weight is 428 g/mol. The van der Waals surface area contributed by atoms with Crippen molar-refractivity contribution in [2.75, 3.05) is 18.5 Å². The second-order valence-electron chi connectivity index (χ2n) is 7.04. The van der Waals surface area contributed by atoms with Crippen molar-refractivity contribution < 1.29 is 31.8 Å². The second-order valence-corrected chi connectivity index (χ2v) is 7.04. The molecule has 0 radical (unpaired) electrons. The van der Waals surface area contributed by atoms with Crippen LogP contribution >= 0.6 is 0 Å². The van der Waals surface area contributed by atoms with Gasteiger partial charge in [-0.2, -0.15) is 18.3 Å². The van der Waals surface area contributed by atoms with E-state index in [-0.39, 0.29) is 17.1 Å². The average Bonchev–Trinajstić information content (AvgIpc) is 3.02. The van der Waals surface area contributed by atoms with Crippen LogP contribution in [0.3, 0.4) is 0 Å². The Hall–Kier alpha value is -2.95. The summed E-state index contributed by atoms with van der Waals surface area (Å²) in [4.78, 5) is 4.25. The van der Waals surface area contributed by atoms with Crippen LogP contribution < -0.4 is 5.32 Å². The Balaban J connectivity index is 1.79. The second kappa shape index (κ2) is 7.38. The molecule has 1 aliphatic rings. The molecule has 3 heterocycles. The van der Waals surface area contributed by atoms with Gasteiger partial charge in [-0.15, -0.1) is 0 Å². The molecular formula is C19H17F5N4O2. The minimum Gasteiger partial charge on any atom is -0.503 e. The number of pyridine rings is 1. The molecule has 0 bridgehead atoms. The number of aryl methyl sites for hydroxylation is 1. The van der Waals surface area contributed by atoms with E-state index >= 15 is 0 Å². The Labute approximate surface area is 167 Å². The standard InChI is InChI=1S/C19H17F5N4O2/c1-28-13-7-14(26-9-2-4-30-5-3-9)25-8-11(13)17(27-28)10-6-12(19(22,23)24)16(21)18(29)15(10)20/h6-9,29H,2-5H2,1H3,(H,25,26). The number of benzene rings is 1. The van der Waals surface area contributed by atoms with Crippen LogP contribution in [0.15, 0.2) is 18.3 Å². The van der Waals surface area contributed by atoms with Crippen LogP contribution in [0.2, 0.25) is 0 Å². The zero-order chi connectivity index (χ0) is 21.6. The summed E-state index contributed by atoms with van der Waals surface area (Å²) in [7, 11) is 1.54. The minimum absolute atomic E-state index is 0.164. The van der Waals surface area contributed by atoms with Gasteiger partial charge in [0, 0.05) is 49.5 Å². The number of hydrogen-bond acceptors (Lipinski definition) is 5. The molecule has 1 fully saturated rings. The molecule has 4 rings (SSSR count). The fourth-order valence-corrected chi connectivity index (χ4v) is 3.48. The molecule has 2 N–H and O–H groups in total. The van der Waals surface area contributed by atoms with Crippen LogP contribution in [0.4, 0.5) is 27.8 Å². The van der Waals surface area contributed by atoms with Crippen LogP contribution in [-0.2, 0) is 18.0 Å². The Morgan fingerprint density at radius 1 is 1.17 bits per heavy atom. The summed E-state index contributed by atoms with van der Waals surface area (Å²) >= 11 is 0. The van der Waals surface area contributed by atoms with Crippen molar-refractivity contribution in [2.45, 2.75) is 25.1 Å². The summed E-state index contributed by atoms with van der Waals surface area (Å²) in [5, 5.41) is 17.2. The van der Waals surface area contributed by atoms with Gasteiger partial charge in [-0.1, -0.05) is 0 Å². The number of halogens is 5. The number of phenols is 1. The molecule has 160 valence electrons. The van der Waals surface area contributed by atoms with E-state index in [1.165, 1.54) is 17.9 Å². The van der Waals surface area contributed by atoms with Gasteiger partial charge in [-0.25, -0.2) is 13.8 Å². The van der Waals surface area contributed by atoms with Gasteiger partial charge in [-0.3, -0.25) is 4.68 Å². The number of aromatic nitrogens is 3. The van der Waals surface area contributed by atoms with Gasteiger partial charge < -0.3 is 15.2 Å². The molecule has 0 unspecified atom stereocenters. The summed E-state index contributed by atoms with van der Waals surface area (Å²) in [5.74, 6) is -4.76. The number of ether oxygens (including phenoxy) is 1. The summed E-state index contributed by atoms with van der Waals surface area (Å²) < 4.78 is 74.3. The largest absolute Gasteiger partial charge is 0.503 e. The Bertz CT molecular complexity index is 1110. The highest BCUT2D eigenvalue weighted by Gasteiger charge is 2.38. The quantitative estimate of drug-likeness (QED) is 0.611. The van der Waals surface area contributed by atoms with E-state index in [0.29, 0.717) is 30.6 Å². The van der Waals surface area contributed by atoms with E-state index in [9.17, 15) is 27.1 Å². The first-order chi connectivity index (χ1) is 14.2. The highest BCUT2D eigenvalue weighted by Crippen LogP contribution is 2.41. The Morgan fingerprint density at radius 3 is 2.53 bits per heavy atom. The lowest BCUT2D eigenvalue weighted by molar-refractivity contribution is -0.140. The molecule has 0 aliphatic carbocycles. The van der Waals surface area contributed by atoms with Gasteiger partial charge in [0.2, 0.25) is 0 Å². The van der Waals surface area contributed by atoms with Gasteiger partial charge in [0.15, 0.2) is 17.4 Å². The molecular weight excluding hydrogens is 411 g/mol. The van der Waals surface area contributed by atoms with Crippen LogP contribution in [0.1, 0.15) is 18.4 Å². The third kappa shape index (κ3) is 3.53. The first-order valence-corrected chi connectivity index (χ1v) is 9.12. The van der Waals surface area contributed by atoms with E-state index in [1.54, 1.807) is 6.07 Å². The molecule has 2 aromatic heterocycles. The van der Waals surface area contributed by atoms with Crippen LogP contribution in [0, 0.1) is 11.6 Å². The van der Waals surface area contributed by atoms with Crippen molar-refractivity contribution >= 4 is 16.7 Å². The fraction of sp³-hybridized carbons (Fsp3) is 0.368. The van der Waals surface area contributed by atoms with Crippen molar-refractivity contribution in [3.63, 3.8) is 0 Å². The first-order valence-electron chi connectivity index (χ1n) is 9.12. The number of phenolic OH excluding ortho intramolecular Hbond substituents is 1. The number of hydrogen-bond donors (Lipinski definition) is 2. The van der Waals surface area contributed by atoms with Crippen molar-refractivity contribution in [1.29, 1.82) is 0 Å². The molecule has 3 aromatic rings. The van der Waals surface area contributed by atoms with Gasteiger partial charge in [0.1, 0.15) is 11.5 Å². The zero-order valence-electron chi connectivity index (χ0n) is 15.7. The smallest absolute Gasteiger partial charge is 0.419 e. The van der Waals surface area contributed by atoms with E-state index in [1.807, 2.05) is 0 Å². The van der Waals surface area contributed by atoms with E-state index in [0.717, 1.165) is 12.8 Å². The maximum atomic E-state index is 14.5. The summed E-state index contributed by atoms with van der Waals surface area (Å²) in [6.45, 7) is 1.26. The van der Waals surface area contributed by atoms with Gasteiger partial charge in [-0.05, 0) is 18.9 Å². The topological polar surface area (TPSA) is 72.2 Å². The number of fused-ring (bicyclic) bond motifs is 1. The number of rotatable bonds is 3. The maximum Gasteiger partial charge on any atom is 0.419 e. The summed E-state index contributed by atoms with van der Waals surface area (Å²) in [6.07, 6.45) is -2.16. The summed E-state index contributed by atoms with van der Waals surface area (Å²) in [5.41, 5.74) is -2.15. The molecule has 30 heavy (non-hydrogen) atoms. The fourth-order valence-electron chi connectivity index (χ4n) is 3.48. The van der Waals surface area contributed by atoms with Gasteiger partial charge in [0.25, 0.3) is 0 Å². The first kappa shape index (κ1) is 20.3. The predicted molar refractivity (Wildman–Crippen MR) is 98.0 cm³/mol. The number of nitrogens with zero attached hydrogens (tertiary/aromatic N) is 3. The van der Waals surface area contributed by atoms with Crippen molar-refractivity contribution in [3.05, 3.63) is 35.5 Å². The number of anilines is 1. The molecule has 0 saturated carbocycles. The lowest BCUT2D eigenvalue weighted by Gasteiger charge is -2.23. The molecule has 0 amide bonds. The van der Waals surface area contributed by atoms with E-state index in [2.05, 4.69) is 15.4 Å². The normalized spacial score (nSPS) is 15.7. The molecule has 0 atom stereocenters. The predicted octanol–water partition coefficient (Wildman–Crippen LogP) is 4.23. The number of alkyl halides is 3. The number of nitrogens with one attached hydrogen (secondary N) is 1. The Morgan fingerprint density at radius 2 is 1.87 bits per heavy atom. The third-order valence-electron chi connectivity index (χ3n) is 5.05. The monoisotopic (exact) mass is 428 g/mol. The summed E-state index contributed by atoms with van der Waals surface area (Å²) in [6, 6.07) is 2.12. The van der Waals surface area contributed by atoms with E-state index < -0.39 is 34.7 Å². The SMILES string of the molecule is Cn1nc(-c2cc(C(F)(F)F)c(F)c(O)c2F)c2cnc(NC3CCOCC3)cc21. The van der Waals surface area contributed by atoms with Crippen LogP contribution in [0.5, 0.6) is 5.75 Å². The number of aromatic hydroxyl groups is 1. The highest BCUT2D eigenvalue weighted by molar-refractivity contribution is 5.94. The van der Waals surface area contributed by atoms with Crippen molar-refractivity contribution in [1.82, 2.24) is 14.8 Å². The maximum absolute atomic E-state index is 14.5. The van der Waals surface area contributed by atoms with Crippen molar-refractivity contribution in [3.8, 4) is 17.0 Å². The molecule has 0 spiro atoms. The molecule has 1 aromatic carbocycles. The van der Waals surface area contributed by atoms with Crippen LogP contribution in [0.25, 0.3) is 22.2 Å². The van der Waals surface area contributed by atoms with Crippen LogP contribution in [-0.4, -0.2) is 39.1 Å².